The maximum absolute atomic E-state index is 13.8. The Labute approximate surface area is 102 Å². The number of hydrogen-bond donors (Lipinski definition) is 1. The Morgan fingerprint density at radius 1 is 1.59 bits per heavy atom. The van der Waals surface area contributed by atoms with E-state index in [1.807, 2.05) is 13.0 Å². The summed E-state index contributed by atoms with van der Waals surface area (Å²) in [6.07, 6.45) is 0.632. The maximum atomic E-state index is 13.8. The van der Waals surface area contributed by atoms with E-state index in [0.29, 0.717) is 22.7 Å². The van der Waals surface area contributed by atoms with Crippen LogP contribution in [0.3, 0.4) is 0 Å². The summed E-state index contributed by atoms with van der Waals surface area (Å²) in [6, 6.07) is 6.14. The number of nitrogens with one attached hydrogen (secondary N) is 1. The largest absolute Gasteiger partial charge is 0.269 e. The number of nitriles is 1. The number of hydrogen-bond acceptors (Lipinski definition) is 3. The molecule has 1 N–H and O–H groups in total. The molecule has 0 aliphatic carbocycles. The fourth-order valence-corrected chi connectivity index (χ4v) is 1.82. The standard InChI is InChI=1S/C11H9FN4S/c1-2-10-14-15-11(17)16(10)9-4-3-7(6-13)5-8(9)12/h3-5H,2H2,1H3,(H,15,17). The van der Waals surface area contributed by atoms with Crippen molar-refractivity contribution in [2.45, 2.75) is 13.3 Å². The van der Waals surface area contributed by atoms with Gasteiger partial charge in [-0.05, 0) is 30.4 Å². The van der Waals surface area contributed by atoms with Crippen molar-refractivity contribution in [3.8, 4) is 11.8 Å². The van der Waals surface area contributed by atoms with E-state index in [-0.39, 0.29) is 5.56 Å². The summed E-state index contributed by atoms with van der Waals surface area (Å²) in [5.74, 6) is 0.162. The summed E-state index contributed by atoms with van der Waals surface area (Å²) in [5, 5.41) is 15.3. The van der Waals surface area contributed by atoms with E-state index in [1.165, 1.54) is 16.7 Å². The van der Waals surface area contributed by atoms with Crippen LogP contribution in [0, 0.1) is 21.9 Å². The van der Waals surface area contributed by atoms with Gasteiger partial charge < -0.3 is 0 Å². The molecule has 2 aromatic rings. The van der Waals surface area contributed by atoms with Crippen molar-refractivity contribution in [3.63, 3.8) is 0 Å². The minimum Gasteiger partial charge on any atom is -0.269 e. The zero-order valence-corrected chi connectivity index (χ0v) is 9.88. The summed E-state index contributed by atoms with van der Waals surface area (Å²) in [7, 11) is 0. The highest BCUT2D eigenvalue weighted by Gasteiger charge is 2.11. The lowest BCUT2D eigenvalue weighted by atomic mass is 10.2. The van der Waals surface area contributed by atoms with Crippen molar-refractivity contribution in [1.82, 2.24) is 14.8 Å². The van der Waals surface area contributed by atoms with Crippen molar-refractivity contribution in [2.75, 3.05) is 0 Å². The number of aryl methyl sites for hydroxylation is 1. The highest BCUT2D eigenvalue weighted by molar-refractivity contribution is 7.71. The quantitative estimate of drug-likeness (QED) is 0.831. The van der Waals surface area contributed by atoms with Gasteiger partial charge in [0.25, 0.3) is 0 Å². The third-order valence-corrected chi connectivity index (χ3v) is 2.65. The Kier molecular flexibility index (Phi) is 3.02. The number of benzene rings is 1. The Morgan fingerprint density at radius 3 is 2.94 bits per heavy atom. The molecule has 1 aromatic carbocycles. The van der Waals surface area contributed by atoms with Crippen LogP contribution in [0.2, 0.25) is 0 Å². The molecule has 1 aromatic heterocycles. The summed E-state index contributed by atoms with van der Waals surface area (Å²) in [4.78, 5) is 0. The SMILES string of the molecule is CCc1n[nH]c(=S)n1-c1ccc(C#N)cc1F. The summed E-state index contributed by atoms with van der Waals surface area (Å²) < 4.78 is 15.7. The van der Waals surface area contributed by atoms with Crippen LogP contribution in [-0.2, 0) is 6.42 Å². The van der Waals surface area contributed by atoms with Crippen LogP contribution in [0.5, 0.6) is 0 Å². The van der Waals surface area contributed by atoms with Crippen LogP contribution < -0.4 is 0 Å². The molecule has 0 saturated carbocycles. The van der Waals surface area contributed by atoms with E-state index in [1.54, 1.807) is 6.07 Å². The Hall–Kier alpha value is -2.00. The molecule has 0 unspecified atom stereocenters. The fraction of sp³-hybridized carbons (Fsp3) is 0.182. The Balaban J connectivity index is 2.65. The molecule has 0 fully saturated rings. The third-order valence-electron chi connectivity index (χ3n) is 2.38. The first-order valence-corrected chi connectivity index (χ1v) is 5.44. The van der Waals surface area contributed by atoms with Crippen molar-refractivity contribution in [3.05, 3.63) is 40.2 Å². The monoisotopic (exact) mass is 248 g/mol. The van der Waals surface area contributed by atoms with Crippen LogP contribution in [-0.4, -0.2) is 14.8 Å². The van der Waals surface area contributed by atoms with Gasteiger partial charge in [0.15, 0.2) is 4.77 Å². The van der Waals surface area contributed by atoms with Gasteiger partial charge in [-0.3, -0.25) is 9.67 Å². The molecule has 0 radical (unpaired) electrons. The molecule has 0 aliphatic heterocycles. The lowest BCUT2D eigenvalue weighted by Gasteiger charge is -2.06. The molecule has 0 saturated heterocycles. The lowest BCUT2D eigenvalue weighted by Crippen LogP contribution is -2.03. The van der Waals surface area contributed by atoms with Crippen LogP contribution in [0.15, 0.2) is 18.2 Å². The van der Waals surface area contributed by atoms with Gasteiger partial charge in [0.05, 0.1) is 17.3 Å². The smallest absolute Gasteiger partial charge is 0.199 e. The number of aromatic amines is 1. The molecule has 4 nitrogen and oxygen atoms in total. The topological polar surface area (TPSA) is 57.4 Å². The second kappa shape index (κ2) is 4.47. The van der Waals surface area contributed by atoms with Gasteiger partial charge in [-0.15, -0.1) is 0 Å². The molecule has 86 valence electrons. The molecule has 1 heterocycles. The zero-order valence-electron chi connectivity index (χ0n) is 9.07. The van der Waals surface area contributed by atoms with Gasteiger partial charge in [0.1, 0.15) is 11.6 Å². The summed E-state index contributed by atoms with van der Waals surface area (Å²) in [5.41, 5.74) is 0.582. The van der Waals surface area contributed by atoms with Crippen molar-refractivity contribution < 1.29 is 4.39 Å². The average molecular weight is 248 g/mol. The molecule has 0 bridgehead atoms. The van der Waals surface area contributed by atoms with E-state index < -0.39 is 5.82 Å². The number of H-pyrrole nitrogens is 1. The predicted molar refractivity (Wildman–Crippen MR) is 62.8 cm³/mol. The predicted octanol–water partition coefficient (Wildman–Crippen LogP) is 2.50. The van der Waals surface area contributed by atoms with Crippen LogP contribution in [0.1, 0.15) is 18.3 Å². The van der Waals surface area contributed by atoms with Gasteiger partial charge in [0.2, 0.25) is 0 Å². The van der Waals surface area contributed by atoms with Gasteiger partial charge in [-0.1, -0.05) is 6.92 Å². The first-order chi connectivity index (χ1) is 8.17. The van der Waals surface area contributed by atoms with Gasteiger partial charge in [-0.25, -0.2) is 4.39 Å². The van der Waals surface area contributed by atoms with Gasteiger partial charge >= 0.3 is 0 Å². The summed E-state index contributed by atoms with van der Waals surface area (Å²) in [6.45, 7) is 1.91. The van der Waals surface area contributed by atoms with Crippen LogP contribution in [0.25, 0.3) is 5.69 Å². The normalized spacial score (nSPS) is 10.2. The van der Waals surface area contributed by atoms with Crippen molar-refractivity contribution in [2.24, 2.45) is 0 Å². The minimum atomic E-state index is -0.490. The van der Waals surface area contributed by atoms with E-state index >= 15 is 0 Å². The zero-order chi connectivity index (χ0) is 12.4. The van der Waals surface area contributed by atoms with Crippen molar-refractivity contribution >= 4 is 12.2 Å². The molecular formula is C11H9FN4S. The molecule has 0 atom stereocenters. The number of aromatic nitrogens is 3. The van der Waals surface area contributed by atoms with Gasteiger partial charge in [-0.2, -0.15) is 10.4 Å². The van der Waals surface area contributed by atoms with E-state index in [2.05, 4.69) is 10.2 Å². The van der Waals surface area contributed by atoms with Crippen LogP contribution >= 0.6 is 12.2 Å². The second-order valence-electron chi connectivity index (χ2n) is 3.41. The van der Waals surface area contributed by atoms with E-state index in [4.69, 9.17) is 17.5 Å². The minimum absolute atomic E-state index is 0.277. The Bertz CT molecular complexity index is 650. The molecule has 0 amide bonds. The molecule has 0 spiro atoms. The number of nitrogens with zero attached hydrogens (tertiary/aromatic N) is 3. The molecule has 6 heteroatoms. The van der Waals surface area contributed by atoms with E-state index in [0.717, 1.165) is 0 Å². The maximum Gasteiger partial charge on any atom is 0.199 e. The highest BCUT2D eigenvalue weighted by Crippen LogP contribution is 2.17. The first kappa shape index (κ1) is 11.5. The lowest BCUT2D eigenvalue weighted by molar-refractivity contribution is 0.614. The molecule has 17 heavy (non-hydrogen) atoms. The Morgan fingerprint density at radius 2 is 2.35 bits per heavy atom. The summed E-state index contributed by atoms with van der Waals surface area (Å²) >= 11 is 5.06. The number of halogens is 1. The first-order valence-electron chi connectivity index (χ1n) is 5.03. The van der Waals surface area contributed by atoms with Crippen molar-refractivity contribution in [1.29, 1.82) is 5.26 Å². The van der Waals surface area contributed by atoms with Gasteiger partial charge in [0, 0.05) is 6.42 Å². The third kappa shape index (κ3) is 1.97. The highest BCUT2D eigenvalue weighted by atomic mass is 32.1. The molecule has 0 aliphatic rings. The molecular weight excluding hydrogens is 239 g/mol. The number of rotatable bonds is 2. The molecule has 2 rings (SSSR count). The average Bonchev–Trinajstić information content (AvgIpc) is 2.70. The van der Waals surface area contributed by atoms with Crippen LogP contribution in [0.4, 0.5) is 4.39 Å². The second-order valence-corrected chi connectivity index (χ2v) is 3.80. The fourth-order valence-electron chi connectivity index (χ4n) is 1.57. The van der Waals surface area contributed by atoms with E-state index in [9.17, 15) is 4.39 Å².